The largest absolute Gasteiger partial charge is 0.417 e. The SMILES string of the molecule is CCC(=O)Nc1ccc(Nc2ccc(Cl)c(C(F)(F)F)c2)nc1. The first-order valence-corrected chi connectivity index (χ1v) is 7.07. The lowest BCUT2D eigenvalue weighted by Crippen LogP contribution is -2.09. The summed E-state index contributed by atoms with van der Waals surface area (Å²) in [6.07, 6.45) is -2.78. The molecule has 0 bridgehead atoms. The van der Waals surface area contributed by atoms with E-state index in [2.05, 4.69) is 15.6 Å². The number of hydrogen-bond donors (Lipinski definition) is 2. The summed E-state index contributed by atoms with van der Waals surface area (Å²) in [5.41, 5.74) is -0.204. The summed E-state index contributed by atoms with van der Waals surface area (Å²) in [6, 6.07) is 6.65. The maximum atomic E-state index is 12.8. The molecule has 0 atom stereocenters. The molecule has 2 N–H and O–H groups in total. The zero-order valence-electron chi connectivity index (χ0n) is 12.0. The van der Waals surface area contributed by atoms with Gasteiger partial charge in [0.2, 0.25) is 5.91 Å². The van der Waals surface area contributed by atoms with Gasteiger partial charge in [-0.1, -0.05) is 18.5 Å². The van der Waals surface area contributed by atoms with E-state index in [1.807, 2.05) is 0 Å². The summed E-state index contributed by atoms with van der Waals surface area (Å²) in [6.45, 7) is 1.72. The summed E-state index contributed by atoms with van der Waals surface area (Å²) in [4.78, 5) is 15.3. The predicted molar refractivity (Wildman–Crippen MR) is 82.9 cm³/mol. The number of anilines is 3. The standard InChI is InChI=1S/C15H13ClF3N3O/c1-2-14(23)22-10-4-6-13(20-8-10)21-9-3-5-12(16)11(7-9)15(17,18)19/h3-8H,2H2,1H3,(H,20,21)(H,22,23). The molecule has 0 saturated heterocycles. The maximum absolute atomic E-state index is 12.8. The summed E-state index contributed by atoms with van der Waals surface area (Å²) in [5, 5.41) is 5.01. The van der Waals surface area contributed by atoms with Crippen LogP contribution in [0.1, 0.15) is 18.9 Å². The third kappa shape index (κ3) is 4.59. The minimum Gasteiger partial charge on any atom is -0.340 e. The number of alkyl halides is 3. The first kappa shape index (κ1) is 17.1. The highest BCUT2D eigenvalue weighted by molar-refractivity contribution is 6.31. The number of halogens is 4. The van der Waals surface area contributed by atoms with Gasteiger partial charge in [-0.25, -0.2) is 4.98 Å². The van der Waals surface area contributed by atoms with Crippen molar-refractivity contribution in [1.82, 2.24) is 4.98 Å². The molecule has 1 amide bonds. The normalized spacial score (nSPS) is 11.2. The Bertz CT molecular complexity index is 702. The van der Waals surface area contributed by atoms with Crippen molar-refractivity contribution < 1.29 is 18.0 Å². The lowest BCUT2D eigenvalue weighted by atomic mass is 10.2. The van der Waals surface area contributed by atoms with Crippen LogP contribution in [0.5, 0.6) is 0 Å². The van der Waals surface area contributed by atoms with Crippen molar-refractivity contribution in [1.29, 1.82) is 0 Å². The van der Waals surface area contributed by atoms with Crippen LogP contribution >= 0.6 is 11.6 Å². The Morgan fingerprint density at radius 2 is 1.91 bits per heavy atom. The lowest BCUT2D eigenvalue weighted by Gasteiger charge is -2.12. The average molecular weight is 344 g/mol. The summed E-state index contributed by atoms with van der Waals surface area (Å²) >= 11 is 5.56. The van der Waals surface area contributed by atoms with Gasteiger partial charge in [-0.15, -0.1) is 0 Å². The molecule has 4 nitrogen and oxygen atoms in total. The van der Waals surface area contributed by atoms with Crippen molar-refractivity contribution in [2.75, 3.05) is 10.6 Å². The minimum absolute atomic E-state index is 0.153. The lowest BCUT2D eigenvalue weighted by molar-refractivity contribution is -0.137. The van der Waals surface area contributed by atoms with E-state index >= 15 is 0 Å². The highest BCUT2D eigenvalue weighted by Gasteiger charge is 2.33. The Labute approximate surface area is 135 Å². The number of aromatic nitrogens is 1. The van der Waals surface area contributed by atoms with E-state index in [1.165, 1.54) is 18.3 Å². The van der Waals surface area contributed by atoms with Gasteiger partial charge in [0.25, 0.3) is 0 Å². The van der Waals surface area contributed by atoms with E-state index in [1.54, 1.807) is 19.1 Å². The molecule has 8 heteroatoms. The molecule has 0 unspecified atom stereocenters. The molecular formula is C15H13ClF3N3O. The molecule has 0 aliphatic rings. The maximum Gasteiger partial charge on any atom is 0.417 e. The van der Waals surface area contributed by atoms with Crippen LogP contribution in [-0.2, 0) is 11.0 Å². The van der Waals surface area contributed by atoms with Crippen LogP contribution in [0.3, 0.4) is 0 Å². The molecule has 2 rings (SSSR count). The molecule has 1 aromatic carbocycles. The second kappa shape index (κ2) is 6.87. The Morgan fingerprint density at radius 3 is 2.48 bits per heavy atom. The fourth-order valence-corrected chi connectivity index (χ4v) is 1.98. The van der Waals surface area contributed by atoms with Crippen molar-refractivity contribution >= 4 is 34.7 Å². The molecule has 0 aliphatic carbocycles. The number of carbonyl (C=O) groups excluding carboxylic acids is 1. The molecule has 0 fully saturated rings. The highest BCUT2D eigenvalue weighted by Crippen LogP contribution is 2.36. The molecular weight excluding hydrogens is 331 g/mol. The average Bonchev–Trinajstić information content (AvgIpc) is 2.50. The number of benzene rings is 1. The topological polar surface area (TPSA) is 54.0 Å². The zero-order chi connectivity index (χ0) is 17.0. The van der Waals surface area contributed by atoms with E-state index in [0.29, 0.717) is 17.9 Å². The third-order valence-corrected chi connectivity index (χ3v) is 3.24. The van der Waals surface area contributed by atoms with E-state index < -0.39 is 11.7 Å². The van der Waals surface area contributed by atoms with Crippen molar-refractivity contribution in [2.45, 2.75) is 19.5 Å². The van der Waals surface area contributed by atoms with Gasteiger partial charge in [-0.05, 0) is 30.3 Å². The van der Waals surface area contributed by atoms with E-state index in [0.717, 1.165) is 6.07 Å². The van der Waals surface area contributed by atoms with Crippen molar-refractivity contribution in [3.63, 3.8) is 0 Å². The van der Waals surface area contributed by atoms with Gasteiger partial charge >= 0.3 is 6.18 Å². The van der Waals surface area contributed by atoms with E-state index in [4.69, 9.17) is 11.6 Å². The highest BCUT2D eigenvalue weighted by atomic mass is 35.5. The van der Waals surface area contributed by atoms with Gasteiger partial charge in [-0.2, -0.15) is 13.2 Å². The van der Waals surface area contributed by atoms with Crippen LogP contribution in [0.25, 0.3) is 0 Å². The van der Waals surface area contributed by atoms with Crippen LogP contribution in [-0.4, -0.2) is 10.9 Å². The van der Waals surface area contributed by atoms with Crippen molar-refractivity contribution in [3.8, 4) is 0 Å². The van der Waals surface area contributed by atoms with Gasteiger partial charge in [0, 0.05) is 12.1 Å². The molecule has 1 heterocycles. The van der Waals surface area contributed by atoms with Crippen LogP contribution in [0, 0.1) is 0 Å². The third-order valence-electron chi connectivity index (χ3n) is 2.91. The first-order valence-electron chi connectivity index (χ1n) is 6.69. The number of rotatable bonds is 4. The van der Waals surface area contributed by atoms with Gasteiger partial charge in [0.05, 0.1) is 22.5 Å². The second-order valence-electron chi connectivity index (χ2n) is 4.65. The molecule has 122 valence electrons. The van der Waals surface area contributed by atoms with Gasteiger partial charge in [-0.3, -0.25) is 4.79 Å². The van der Waals surface area contributed by atoms with Crippen molar-refractivity contribution in [2.24, 2.45) is 0 Å². The Balaban J connectivity index is 2.15. The van der Waals surface area contributed by atoms with Gasteiger partial charge < -0.3 is 10.6 Å². The zero-order valence-corrected chi connectivity index (χ0v) is 12.8. The Morgan fingerprint density at radius 1 is 1.22 bits per heavy atom. The molecule has 1 aromatic heterocycles. The van der Waals surface area contributed by atoms with Gasteiger partial charge in [0.1, 0.15) is 5.82 Å². The summed E-state index contributed by atoms with van der Waals surface area (Å²) in [5.74, 6) is 0.190. The number of carbonyl (C=O) groups is 1. The number of amides is 1. The van der Waals surface area contributed by atoms with E-state index in [9.17, 15) is 18.0 Å². The summed E-state index contributed by atoms with van der Waals surface area (Å²) in [7, 11) is 0. The number of pyridine rings is 1. The molecule has 0 aliphatic heterocycles. The smallest absolute Gasteiger partial charge is 0.340 e. The number of nitrogens with one attached hydrogen (secondary N) is 2. The van der Waals surface area contributed by atoms with Crippen LogP contribution in [0.2, 0.25) is 5.02 Å². The Hall–Kier alpha value is -2.28. The van der Waals surface area contributed by atoms with Crippen LogP contribution in [0.4, 0.5) is 30.4 Å². The molecule has 2 aromatic rings. The quantitative estimate of drug-likeness (QED) is 0.834. The first-order chi connectivity index (χ1) is 10.8. The molecule has 0 spiro atoms. The van der Waals surface area contributed by atoms with Crippen molar-refractivity contribution in [3.05, 3.63) is 47.1 Å². The molecule has 0 radical (unpaired) electrons. The van der Waals surface area contributed by atoms with Crippen LogP contribution < -0.4 is 10.6 Å². The summed E-state index contributed by atoms with van der Waals surface area (Å²) < 4.78 is 38.4. The minimum atomic E-state index is -4.53. The number of nitrogens with zero attached hydrogens (tertiary/aromatic N) is 1. The fraction of sp³-hybridized carbons (Fsp3) is 0.200. The molecule has 23 heavy (non-hydrogen) atoms. The predicted octanol–water partition coefficient (Wildman–Crippen LogP) is 4.85. The fourth-order valence-electron chi connectivity index (χ4n) is 1.76. The molecule has 0 saturated carbocycles. The monoisotopic (exact) mass is 343 g/mol. The number of hydrogen-bond acceptors (Lipinski definition) is 3. The van der Waals surface area contributed by atoms with Crippen LogP contribution in [0.15, 0.2) is 36.5 Å². The van der Waals surface area contributed by atoms with E-state index in [-0.39, 0.29) is 16.6 Å². The second-order valence-corrected chi connectivity index (χ2v) is 5.06. The van der Waals surface area contributed by atoms with Gasteiger partial charge in [0.15, 0.2) is 0 Å². The Kier molecular flexibility index (Phi) is 5.10.